The summed E-state index contributed by atoms with van der Waals surface area (Å²) in [4.78, 5) is 0. The molecular weight excluding hydrogens is 333 g/mol. The van der Waals surface area contributed by atoms with Crippen molar-refractivity contribution < 1.29 is 10.2 Å². The van der Waals surface area contributed by atoms with Crippen molar-refractivity contribution in [2.75, 3.05) is 11.9 Å². The first kappa shape index (κ1) is 18.1. The summed E-state index contributed by atoms with van der Waals surface area (Å²) in [6, 6.07) is 11.2. The van der Waals surface area contributed by atoms with Gasteiger partial charge in [-0.05, 0) is 41.0 Å². The molecule has 2 aromatic rings. The van der Waals surface area contributed by atoms with E-state index in [1.807, 2.05) is 24.3 Å². The summed E-state index contributed by atoms with van der Waals surface area (Å²) < 4.78 is 0. The number of rotatable bonds is 6. The van der Waals surface area contributed by atoms with Crippen LogP contribution in [-0.4, -0.2) is 16.8 Å². The zero-order valence-electron chi connectivity index (χ0n) is 13.2. The van der Waals surface area contributed by atoms with E-state index >= 15 is 0 Å². The predicted molar refractivity (Wildman–Crippen MR) is 96.3 cm³/mol. The molecule has 2 rings (SSSR count). The lowest BCUT2D eigenvalue weighted by molar-refractivity contribution is 0.275. The third-order valence-corrected chi connectivity index (χ3v) is 4.59. The van der Waals surface area contributed by atoms with Crippen LogP contribution >= 0.6 is 23.2 Å². The Bertz CT molecular complexity index is 664. The van der Waals surface area contributed by atoms with Crippen LogP contribution in [0.1, 0.15) is 30.5 Å². The van der Waals surface area contributed by atoms with Crippen LogP contribution in [0.4, 0.5) is 5.69 Å². The van der Waals surface area contributed by atoms with E-state index in [0.29, 0.717) is 16.6 Å². The summed E-state index contributed by atoms with van der Waals surface area (Å²) in [5, 5.41) is 23.1. The Balaban J connectivity index is 2.16. The summed E-state index contributed by atoms with van der Waals surface area (Å²) in [5.41, 5.74) is 3.33. The normalized spacial score (nSPS) is 11.6. The van der Waals surface area contributed by atoms with Gasteiger partial charge in [-0.1, -0.05) is 49.2 Å². The van der Waals surface area contributed by atoms with Gasteiger partial charge in [0, 0.05) is 17.6 Å². The Morgan fingerprint density at radius 3 is 2.04 bits per heavy atom. The van der Waals surface area contributed by atoms with Crippen LogP contribution in [0.15, 0.2) is 36.4 Å². The topological polar surface area (TPSA) is 52.5 Å². The Morgan fingerprint density at radius 2 is 1.52 bits per heavy atom. The van der Waals surface area contributed by atoms with E-state index in [-0.39, 0.29) is 18.6 Å². The van der Waals surface area contributed by atoms with Gasteiger partial charge >= 0.3 is 0 Å². The zero-order valence-corrected chi connectivity index (χ0v) is 14.7. The van der Waals surface area contributed by atoms with Gasteiger partial charge in [0.2, 0.25) is 0 Å². The van der Waals surface area contributed by atoms with Crippen LogP contribution in [0.5, 0.6) is 0 Å². The number of aliphatic hydroxyl groups excluding tert-OH is 2. The average Bonchev–Trinajstić information content (AvgIpc) is 2.55. The molecule has 0 aliphatic heterocycles. The van der Waals surface area contributed by atoms with E-state index in [0.717, 1.165) is 22.4 Å². The lowest BCUT2D eigenvalue weighted by atomic mass is 9.84. The fourth-order valence-corrected chi connectivity index (χ4v) is 2.69. The molecule has 0 aliphatic carbocycles. The van der Waals surface area contributed by atoms with Crippen molar-refractivity contribution in [2.24, 2.45) is 0 Å². The van der Waals surface area contributed by atoms with Gasteiger partial charge in [0.15, 0.2) is 0 Å². The van der Waals surface area contributed by atoms with Crippen LogP contribution < -0.4 is 5.32 Å². The molecule has 0 heterocycles. The lowest BCUT2D eigenvalue weighted by Gasteiger charge is -2.27. The van der Waals surface area contributed by atoms with Crippen molar-refractivity contribution in [3.63, 3.8) is 0 Å². The molecular formula is C18H21Cl2NO2. The van der Waals surface area contributed by atoms with E-state index in [2.05, 4.69) is 19.2 Å². The summed E-state index contributed by atoms with van der Waals surface area (Å²) in [6.45, 7) is 4.78. The van der Waals surface area contributed by atoms with Crippen molar-refractivity contribution in [3.05, 3.63) is 63.1 Å². The van der Waals surface area contributed by atoms with Crippen molar-refractivity contribution in [2.45, 2.75) is 32.5 Å². The Labute approximate surface area is 146 Å². The molecule has 23 heavy (non-hydrogen) atoms. The maximum Gasteiger partial charge on any atom is 0.0682 e. The molecule has 0 radical (unpaired) electrons. The number of anilines is 1. The highest BCUT2D eigenvalue weighted by molar-refractivity contribution is 6.42. The van der Waals surface area contributed by atoms with Gasteiger partial charge in [0.05, 0.1) is 23.3 Å². The first-order valence-corrected chi connectivity index (χ1v) is 8.15. The molecule has 0 fully saturated rings. The van der Waals surface area contributed by atoms with Gasteiger partial charge in [-0.25, -0.2) is 0 Å². The first-order chi connectivity index (χ1) is 10.9. The fraction of sp³-hybridized carbons (Fsp3) is 0.333. The smallest absolute Gasteiger partial charge is 0.0682 e. The average molecular weight is 354 g/mol. The molecule has 0 amide bonds. The first-order valence-electron chi connectivity index (χ1n) is 7.39. The quantitative estimate of drug-likeness (QED) is 0.722. The lowest BCUT2D eigenvalue weighted by Crippen LogP contribution is -2.27. The Hall–Kier alpha value is -1.26. The highest BCUT2D eigenvalue weighted by Gasteiger charge is 2.21. The van der Waals surface area contributed by atoms with Gasteiger partial charge in [-0.2, -0.15) is 0 Å². The third-order valence-electron chi connectivity index (χ3n) is 3.85. The van der Waals surface area contributed by atoms with Crippen molar-refractivity contribution >= 4 is 28.9 Å². The Morgan fingerprint density at radius 1 is 0.913 bits per heavy atom. The second kappa shape index (κ2) is 7.54. The van der Waals surface area contributed by atoms with Crippen LogP contribution in [-0.2, 0) is 18.6 Å². The molecule has 0 spiro atoms. The van der Waals surface area contributed by atoms with Crippen LogP contribution in [0, 0.1) is 0 Å². The molecule has 124 valence electrons. The molecule has 0 saturated heterocycles. The highest BCUT2D eigenvalue weighted by atomic mass is 35.5. The minimum atomic E-state index is -0.164. The molecule has 0 bridgehead atoms. The van der Waals surface area contributed by atoms with Gasteiger partial charge in [-0.15, -0.1) is 0 Å². The van der Waals surface area contributed by atoms with E-state index in [4.69, 9.17) is 23.2 Å². The summed E-state index contributed by atoms with van der Waals surface area (Å²) in [6.07, 6.45) is 0. The number of nitrogens with one attached hydrogen (secondary N) is 1. The maximum absolute atomic E-state index is 9.31. The van der Waals surface area contributed by atoms with E-state index < -0.39 is 0 Å². The molecule has 3 N–H and O–H groups in total. The molecule has 3 nitrogen and oxygen atoms in total. The largest absolute Gasteiger partial charge is 0.392 e. The van der Waals surface area contributed by atoms with Gasteiger partial charge in [0.1, 0.15) is 0 Å². The van der Waals surface area contributed by atoms with Gasteiger partial charge in [0.25, 0.3) is 0 Å². The van der Waals surface area contributed by atoms with E-state index in [1.165, 1.54) is 0 Å². The van der Waals surface area contributed by atoms with Gasteiger partial charge < -0.3 is 15.5 Å². The number of hydrogen-bond donors (Lipinski definition) is 3. The van der Waals surface area contributed by atoms with Crippen LogP contribution in [0.25, 0.3) is 0 Å². The SMILES string of the molecule is CC(C)(CNc1cc(CO)cc(CO)c1)c1ccc(Cl)c(Cl)c1. The predicted octanol–water partition coefficient (Wildman–Crippen LogP) is 4.37. The van der Waals surface area contributed by atoms with Crippen molar-refractivity contribution in [1.29, 1.82) is 0 Å². The highest BCUT2D eigenvalue weighted by Crippen LogP contribution is 2.30. The number of benzene rings is 2. The molecule has 0 saturated carbocycles. The Kier molecular flexibility index (Phi) is 5.93. The number of aliphatic hydroxyl groups is 2. The molecule has 0 aliphatic rings. The second-order valence-corrected chi connectivity index (χ2v) is 7.04. The van der Waals surface area contributed by atoms with Crippen LogP contribution in [0.3, 0.4) is 0 Å². The third kappa shape index (κ3) is 4.61. The second-order valence-electron chi connectivity index (χ2n) is 6.22. The summed E-state index contributed by atoms with van der Waals surface area (Å²) in [7, 11) is 0. The zero-order chi connectivity index (χ0) is 17.0. The van der Waals surface area contributed by atoms with Crippen molar-refractivity contribution in [1.82, 2.24) is 0 Å². The number of halogens is 2. The maximum atomic E-state index is 9.31. The molecule has 0 unspecified atom stereocenters. The molecule has 2 aromatic carbocycles. The standard InChI is InChI=1S/C18H21Cl2NO2/c1-18(2,14-3-4-16(19)17(20)8-14)11-21-15-6-12(9-22)5-13(7-15)10-23/h3-8,21-23H,9-11H2,1-2H3. The number of hydrogen-bond acceptors (Lipinski definition) is 3. The van der Waals surface area contributed by atoms with E-state index in [1.54, 1.807) is 12.1 Å². The van der Waals surface area contributed by atoms with E-state index in [9.17, 15) is 10.2 Å². The van der Waals surface area contributed by atoms with Gasteiger partial charge in [-0.3, -0.25) is 0 Å². The molecule has 0 atom stereocenters. The summed E-state index contributed by atoms with van der Waals surface area (Å²) in [5.74, 6) is 0. The minimum Gasteiger partial charge on any atom is -0.392 e. The van der Waals surface area contributed by atoms with Crippen molar-refractivity contribution in [3.8, 4) is 0 Å². The monoisotopic (exact) mass is 353 g/mol. The molecule has 0 aromatic heterocycles. The van der Waals surface area contributed by atoms with Crippen LogP contribution in [0.2, 0.25) is 10.0 Å². The summed E-state index contributed by atoms with van der Waals surface area (Å²) >= 11 is 12.1. The molecule has 5 heteroatoms. The minimum absolute atomic E-state index is 0.0568. The fourth-order valence-electron chi connectivity index (χ4n) is 2.39.